The van der Waals surface area contributed by atoms with Crippen LogP contribution in [0.1, 0.15) is 25.7 Å². The van der Waals surface area contributed by atoms with E-state index in [0.717, 1.165) is 29.7 Å². The average molecular weight is 491 g/mol. The molecular formula is C28H34N4O4. The number of hydrogen-bond acceptors (Lipinski definition) is 6. The Bertz CT molecular complexity index is 1170. The van der Waals surface area contributed by atoms with E-state index in [-0.39, 0.29) is 18.9 Å². The summed E-state index contributed by atoms with van der Waals surface area (Å²) in [5.41, 5.74) is 1.06. The van der Waals surface area contributed by atoms with E-state index in [4.69, 9.17) is 9.84 Å². The van der Waals surface area contributed by atoms with Crippen LogP contribution in [0.2, 0.25) is 0 Å². The fraction of sp³-hybridized carbons (Fsp3) is 0.321. The minimum atomic E-state index is -0.816. The van der Waals surface area contributed by atoms with Gasteiger partial charge in [-0.2, -0.15) is 0 Å². The number of aromatic nitrogens is 1. The number of carbonyl (C=O) groups is 2. The Kier molecular flexibility index (Phi) is 10.3. The molecule has 0 unspecified atom stereocenters. The molecule has 0 radical (unpaired) electrons. The molecular weight excluding hydrogens is 456 g/mol. The minimum Gasteiger partial charge on any atom is -0.488 e. The van der Waals surface area contributed by atoms with Crippen molar-refractivity contribution in [1.82, 2.24) is 9.88 Å². The summed E-state index contributed by atoms with van der Waals surface area (Å²) in [5, 5.41) is 17.0. The third-order valence-corrected chi connectivity index (χ3v) is 5.55. The highest BCUT2D eigenvalue weighted by atomic mass is 16.5. The molecule has 0 spiro atoms. The number of amides is 1. The Morgan fingerprint density at radius 3 is 2.61 bits per heavy atom. The van der Waals surface area contributed by atoms with Crippen molar-refractivity contribution in [3.05, 3.63) is 72.4 Å². The molecule has 0 atom stereocenters. The number of rotatable bonds is 14. The fourth-order valence-electron chi connectivity index (χ4n) is 3.58. The van der Waals surface area contributed by atoms with E-state index in [2.05, 4.69) is 20.5 Å². The molecule has 8 nitrogen and oxygen atoms in total. The second-order valence-corrected chi connectivity index (χ2v) is 8.75. The lowest BCUT2D eigenvalue weighted by molar-refractivity contribution is -0.137. The third-order valence-electron chi connectivity index (χ3n) is 5.55. The van der Waals surface area contributed by atoms with Gasteiger partial charge >= 0.3 is 5.97 Å². The van der Waals surface area contributed by atoms with Crippen molar-refractivity contribution in [1.29, 1.82) is 0 Å². The number of nitrogens with one attached hydrogen (secondary N) is 2. The minimum absolute atomic E-state index is 0.0936. The fourth-order valence-corrected chi connectivity index (χ4v) is 3.58. The molecule has 36 heavy (non-hydrogen) atoms. The van der Waals surface area contributed by atoms with Crippen molar-refractivity contribution in [2.75, 3.05) is 44.4 Å². The number of unbranched alkanes of at least 4 members (excludes halogenated alkanes) is 2. The van der Waals surface area contributed by atoms with Gasteiger partial charge in [0.25, 0.3) is 5.91 Å². The highest BCUT2D eigenvalue weighted by Crippen LogP contribution is 2.25. The van der Waals surface area contributed by atoms with E-state index < -0.39 is 5.97 Å². The van der Waals surface area contributed by atoms with E-state index in [0.29, 0.717) is 36.3 Å². The lowest BCUT2D eigenvalue weighted by Crippen LogP contribution is -2.21. The van der Waals surface area contributed by atoms with Crippen LogP contribution in [0.25, 0.3) is 10.8 Å². The number of fused-ring (bicyclic) bond motifs is 1. The van der Waals surface area contributed by atoms with E-state index in [1.54, 1.807) is 12.3 Å². The number of anilines is 2. The summed E-state index contributed by atoms with van der Waals surface area (Å²) in [6.45, 7) is 1.75. The van der Waals surface area contributed by atoms with Gasteiger partial charge in [-0.15, -0.1) is 0 Å². The largest absolute Gasteiger partial charge is 0.488 e. The summed E-state index contributed by atoms with van der Waals surface area (Å²) >= 11 is 0. The van der Waals surface area contributed by atoms with Gasteiger partial charge in [0, 0.05) is 24.9 Å². The molecule has 2 aromatic carbocycles. The summed E-state index contributed by atoms with van der Waals surface area (Å²) in [4.78, 5) is 30.3. The summed E-state index contributed by atoms with van der Waals surface area (Å²) in [7, 11) is 4.02. The van der Waals surface area contributed by atoms with Crippen molar-refractivity contribution in [3.63, 3.8) is 0 Å². The summed E-state index contributed by atoms with van der Waals surface area (Å²) in [5.74, 6) is 0.350. The molecule has 0 aliphatic carbocycles. The molecule has 8 heteroatoms. The predicted molar refractivity (Wildman–Crippen MR) is 144 cm³/mol. The van der Waals surface area contributed by atoms with Crippen molar-refractivity contribution in [2.24, 2.45) is 0 Å². The molecule has 0 saturated carbocycles. The number of hydrogen-bond donors (Lipinski definition) is 3. The van der Waals surface area contributed by atoms with Crippen LogP contribution in [0.3, 0.4) is 0 Å². The zero-order valence-electron chi connectivity index (χ0n) is 20.9. The van der Waals surface area contributed by atoms with Gasteiger partial charge in [-0.3, -0.25) is 9.59 Å². The second-order valence-electron chi connectivity index (χ2n) is 8.75. The van der Waals surface area contributed by atoms with Gasteiger partial charge in [-0.1, -0.05) is 42.5 Å². The number of pyridine rings is 1. The third kappa shape index (κ3) is 8.70. The predicted octanol–water partition coefficient (Wildman–Crippen LogP) is 4.80. The SMILES string of the molecule is CN(C)CCNc1ccc(NC(=O)/C(=C/CCCCC(=O)O)COc2cccc3ccccc23)cn1. The van der Waals surface area contributed by atoms with Crippen LogP contribution in [0.4, 0.5) is 11.5 Å². The van der Waals surface area contributed by atoms with E-state index >= 15 is 0 Å². The molecule has 1 aromatic heterocycles. The van der Waals surface area contributed by atoms with Crippen molar-refractivity contribution >= 4 is 34.2 Å². The maximum absolute atomic E-state index is 13.1. The summed E-state index contributed by atoms with van der Waals surface area (Å²) < 4.78 is 6.07. The van der Waals surface area contributed by atoms with Crippen molar-refractivity contribution in [3.8, 4) is 5.75 Å². The number of carboxylic acids is 1. The Morgan fingerprint density at radius 2 is 1.86 bits per heavy atom. The van der Waals surface area contributed by atoms with Crippen LogP contribution >= 0.6 is 0 Å². The second kappa shape index (κ2) is 13.8. The molecule has 0 bridgehead atoms. The number of benzene rings is 2. The van der Waals surface area contributed by atoms with Crippen molar-refractivity contribution in [2.45, 2.75) is 25.7 Å². The Hall–Kier alpha value is -3.91. The van der Waals surface area contributed by atoms with Gasteiger partial charge in [-0.05, 0) is 56.9 Å². The average Bonchev–Trinajstić information content (AvgIpc) is 2.86. The maximum Gasteiger partial charge on any atom is 0.303 e. The molecule has 0 saturated heterocycles. The molecule has 1 heterocycles. The number of allylic oxidation sites excluding steroid dienone is 1. The number of nitrogens with zero attached hydrogens (tertiary/aromatic N) is 2. The van der Waals surface area contributed by atoms with Crippen LogP contribution in [0, 0.1) is 0 Å². The number of likely N-dealkylation sites (N-methyl/N-ethyl adjacent to an activating group) is 1. The van der Waals surface area contributed by atoms with Crippen LogP contribution in [0.15, 0.2) is 72.4 Å². The first-order chi connectivity index (χ1) is 17.4. The van der Waals surface area contributed by atoms with Gasteiger partial charge in [0.2, 0.25) is 0 Å². The van der Waals surface area contributed by atoms with E-state index in [1.807, 2.05) is 68.7 Å². The highest BCUT2D eigenvalue weighted by Gasteiger charge is 2.12. The quantitative estimate of drug-likeness (QED) is 0.220. The van der Waals surface area contributed by atoms with Gasteiger partial charge < -0.3 is 25.4 Å². The molecule has 3 aromatic rings. The first kappa shape index (κ1) is 26.7. The van der Waals surface area contributed by atoms with Crippen LogP contribution in [0.5, 0.6) is 5.75 Å². The van der Waals surface area contributed by atoms with Gasteiger partial charge in [0.15, 0.2) is 0 Å². The maximum atomic E-state index is 13.1. The monoisotopic (exact) mass is 490 g/mol. The first-order valence-electron chi connectivity index (χ1n) is 12.1. The normalized spacial score (nSPS) is 11.5. The zero-order chi connectivity index (χ0) is 25.8. The summed E-state index contributed by atoms with van der Waals surface area (Å²) in [6, 6.07) is 17.4. The van der Waals surface area contributed by atoms with Crippen LogP contribution < -0.4 is 15.4 Å². The Balaban J connectivity index is 1.65. The number of aliphatic carboxylic acids is 1. The van der Waals surface area contributed by atoms with Gasteiger partial charge in [0.05, 0.1) is 17.5 Å². The van der Waals surface area contributed by atoms with E-state index in [1.165, 1.54) is 0 Å². The molecule has 3 rings (SSSR count). The van der Waals surface area contributed by atoms with Crippen molar-refractivity contribution < 1.29 is 19.4 Å². The topological polar surface area (TPSA) is 104 Å². The zero-order valence-corrected chi connectivity index (χ0v) is 20.9. The molecule has 3 N–H and O–H groups in total. The molecule has 1 amide bonds. The number of carbonyl (C=O) groups excluding carboxylic acids is 1. The smallest absolute Gasteiger partial charge is 0.303 e. The Labute approximate surface area is 212 Å². The molecule has 0 fully saturated rings. The lowest BCUT2D eigenvalue weighted by atomic mass is 10.1. The molecule has 0 aliphatic rings. The van der Waals surface area contributed by atoms with E-state index in [9.17, 15) is 9.59 Å². The van der Waals surface area contributed by atoms with Crippen LogP contribution in [-0.2, 0) is 9.59 Å². The molecule has 0 aliphatic heterocycles. The molecule has 190 valence electrons. The lowest BCUT2D eigenvalue weighted by Gasteiger charge is -2.13. The van der Waals surface area contributed by atoms with Gasteiger partial charge in [0.1, 0.15) is 18.2 Å². The van der Waals surface area contributed by atoms with Crippen LogP contribution in [-0.4, -0.2) is 60.7 Å². The highest BCUT2D eigenvalue weighted by molar-refractivity contribution is 6.04. The first-order valence-corrected chi connectivity index (χ1v) is 12.1. The number of ether oxygens (including phenoxy) is 1. The van der Waals surface area contributed by atoms with Gasteiger partial charge in [-0.25, -0.2) is 4.98 Å². The number of carboxylic acid groups (broad SMARTS) is 1. The summed E-state index contributed by atoms with van der Waals surface area (Å²) in [6.07, 6.45) is 5.37. The Morgan fingerprint density at radius 1 is 1.06 bits per heavy atom. The standard InChI is InChI=1S/C28H34N4O4/c1-32(2)18-17-29-26-16-15-23(19-30-26)31-28(35)22(10-4-3-5-14-27(33)34)20-36-25-13-8-11-21-9-6-7-12-24(21)25/h6-13,15-16,19H,3-5,14,17-18,20H2,1-2H3,(H,29,30)(H,31,35)(H,33,34)/b22-10+.